The maximum absolute atomic E-state index is 5.62. The molecule has 18 heavy (non-hydrogen) atoms. The van der Waals surface area contributed by atoms with Crippen molar-refractivity contribution in [2.24, 2.45) is 0 Å². The van der Waals surface area contributed by atoms with Crippen LogP contribution in [0, 0.1) is 0 Å². The van der Waals surface area contributed by atoms with Gasteiger partial charge in [-0.3, -0.25) is 0 Å². The zero-order chi connectivity index (χ0) is 13.0. The van der Waals surface area contributed by atoms with Crippen molar-refractivity contribution in [1.29, 1.82) is 0 Å². The van der Waals surface area contributed by atoms with Gasteiger partial charge >= 0.3 is 0 Å². The van der Waals surface area contributed by atoms with Gasteiger partial charge in [0.15, 0.2) is 11.5 Å². The highest BCUT2D eigenvalue weighted by atomic mass is 32.2. The molecule has 0 amide bonds. The van der Waals surface area contributed by atoms with Crippen molar-refractivity contribution in [1.82, 2.24) is 5.32 Å². The Kier molecular flexibility index (Phi) is 4.78. The van der Waals surface area contributed by atoms with Crippen LogP contribution in [0.15, 0.2) is 18.2 Å². The molecule has 0 fully saturated rings. The van der Waals surface area contributed by atoms with Crippen molar-refractivity contribution < 1.29 is 9.47 Å². The number of hydrogen-bond donors (Lipinski definition) is 1. The van der Waals surface area contributed by atoms with Gasteiger partial charge in [0.1, 0.15) is 13.2 Å². The fourth-order valence-corrected chi connectivity index (χ4v) is 2.85. The Morgan fingerprint density at radius 2 is 1.94 bits per heavy atom. The van der Waals surface area contributed by atoms with Gasteiger partial charge in [-0.05, 0) is 30.0 Å². The van der Waals surface area contributed by atoms with E-state index in [1.54, 1.807) is 0 Å². The van der Waals surface area contributed by atoms with Gasteiger partial charge in [0.05, 0.1) is 0 Å². The molecular weight excluding hydrogens is 246 g/mol. The minimum absolute atomic E-state index is 0.355. The number of ether oxygens (including phenoxy) is 2. The van der Waals surface area contributed by atoms with Gasteiger partial charge in [-0.2, -0.15) is 11.8 Å². The van der Waals surface area contributed by atoms with E-state index in [-0.39, 0.29) is 0 Å². The molecule has 1 heterocycles. The van der Waals surface area contributed by atoms with Crippen LogP contribution in [0.3, 0.4) is 0 Å². The Morgan fingerprint density at radius 3 is 2.61 bits per heavy atom. The Hall–Kier alpha value is -0.870. The fourth-order valence-electron chi connectivity index (χ4n) is 1.91. The summed E-state index contributed by atoms with van der Waals surface area (Å²) in [5, 5.41) is 4.01. The smallest absolute Gasteiger partial charge is 0.161 e. The van der Waals surface area contributed by atoms with Crippen LogP contribution < -0.4 is 14.8 Å². The van der Waals surface area contributed by atoms with Crippen molar-refractivity contribution in [3.05, 3.63) is 23.8 Å². The van der Waals surface area contributed by atoms with E-state index >= 15 is 0 Å². The van der Waals surface area contributed by atoms with Crippen LogP contribution >= 0.6 is 11.8 Å². The van der Waals surface area contributed by atoms with E-state index < -0.39 is 0 Å². The minimum Gasteiger partial charge on any atom is -0.486 e. The molecule has 1 unspecified atom stereocenters. The molecule has 0 aromatic heterocycles. The summed E-state index contributed by atoms with van der Waals surface area (Å²) in [6.07, 6.45) is 0. The van der Waals surface area contributed by atoms with Gasteiger partial charge in [0, 0.05) is 11.8 Å². The topological polar surface area (TPSA) is 30.5 Å². The van der Waals surface area contributed by atoms with Crippen molar-refractivity contribution in [2.75, 3.05) is 26.0 Å². The first kappa shape index (κ1) is 13.6. The lowest BCUT2D eigenvalue weighted by molar-refractivity contribution is 0.171. The maximum Gasteiger partial charge on any atom is 0.161 e. The van der Waals surface area contributed by atoms with Crippen LogP contribution in [0.1, 0.15) is 25.5 Å². The van der Waals surface area contributed by atoms with E-state index in [9.17, 15) is 0 Å². The molecule has 1 aliphatic rings. The first-order valence-corrected chi connectivity index (χ1v) is 7.44. The van der Waals surface area contributed by atoms with E-state index in [1.807, 2.05) is 24.9 Å². The quantitative estimate of drug-likeness (QED) is 0.888. The number of thioether (sulfide) groups is 1. The molecule has 0 radical (unpaired) electrons. The van der Waals surface area contributed by atoms with Crippen LogP contribution in [0.2, 0.25) is 0 Å². The molecule has 2 rings (SSSR count). The predicted molar refractivity (Wildman–Crippen MR) is 76.8 cm³/mol. The van der Waals surface area contributed by atoms with E-state index in [1.165, 1.54) is 5.56 Å². The summed E-state index contributed by atoms with van der Waals surface area (Å²) in [5.41, 5.74) is 1.26. The van der Waals surface area contributed by atoms with Crippen molar-refractivity contribution >= 4 is 11.8 Å². The van der Waals surface area contributed by atoms with Crippen LogP contribution in [0.4, 0.5) is 0 Å². The van der Waals surface area contributed by atoms with E-state index in [0.29, 0.717) is 24.5 Å². The second kappa shape index (κ2) is 6.34. The molecule has 4 heteroatoms. The third kappa shape index (κ3) is 3.33. The first-order valence-electron chi connectivity index (χ1n) is 6.39. The van der Waals surface area contributed by atoms with Crippen molar-refractivity contribution in [2.45, 2.75) is 25.1 Å². The zero-order valence-corrected chi connectivity index (χ0v) is 12.0. The molecule has 0 bridgehead atoms. The van der Waals surface area contributed by atoms with E-state index in [0.717, 1.165) is 17.3 Å². The van der Waals surface area contributed by atoms with Gasteiger partial charge in [-0.15, -0.1) is 0 Å². The van der Waals surface area contributed by atoms with Crippen molar-refractivity contribution in [3.8, 4) is 11.5 Å². The molecule has 1 aromatic carbocycles. The Balaban J connectivity index is 2.10. The molecule has 1 atom stereocenters. The molecule has 100 valence electrons. The van der Waals surface area contributed by atoms with Gasteiger partial charge in [-0.1, -0.05) is 19.9 Å². The molecule has 1 aromatic rings. The molecule has 0 spiro atoms. The lowest BCUT2D eigenvalue weighted by atomic mass is 10.1. The summed E-state index contributed by atoms with van der Waals surface area (Å²) in [6, 6.07) is 6.58. The molecular formula is C14H21NO2S. The Labute approximate surface area is 113 Å². The Bertz CT molecular complexity index is 395. The SMILES string of the molecule is CNC(CSC(C)C)c1ccc2c(c1)OCCO2. The predicted octanol–water partition coefficient (Wildman–Crippen LogP) is 2.86. The standard InChI is InChI=1S/C14H21NO2S/c1-10(2)18-9-12(15-3)11-4-5-13-14(8-11)17-7-6-16-13/h4-5,8,10,12,15H,6-7,9H2,1-3H3. The van der Waals surface area contributed by atoms with Gasteiger partial charge in [-0.25, -0.2) is 0 Å². The zero-order valence-electron chi connectivity index (χ0n) is 11.2. The second-order valence-corrected chi connectivity index (χ2v) is 6.24. The Morgan fingerprint density at radius 1 is 1.22 bits per heavy atom. The fraction of sp³-hybridized carbons (Fsp3) is 0.571. The number of rotatable bonds is 5. The lowest BCUT2D eigenvalue weighted by Gasteiger charge is -2.22. The number of fused-ring (bicyclic) bond motifs is 1. The van der Waals surface area contributed by atoms with E-state index in [2.05, 4.69) is 31.3 Å². The lowest BCUT2D eigenvalue weighted by Crippen LogP contribution is -2.21. The summed E-state index contributed by atoms with van der Waals surface area (Å²) in [7, 11) is 2.00. The molecule has 0 aliphatic carbocycles. The maximum atomic E-state index is 5.62. The van der Waals surface area contributed by atoms with Crippen LogP contribution in [0.25, 0.3) is 0 Å². The molecule has 1 aliphatic heterocycles. The summed E-state index contributed by atoms with van der Waals surface area (Å²) in [4.78, 5) is 0. The summed E-state index contributed by atoms with van der Waals surface area (Å²) in [5.74, 6) is 2.79. The minimum atomic E-state index is 0.355. The summed E-state index contributed by atoms with van der Waals surface area (Å²) >= 11 is 1.96. The van der Waals surface area contributed by atoms with Crippen LogP contribution in [-0.4, -0.2) is 31.3 Å². The highest BCUT2D eigenvalue weighted by Crippen LogP contribution is 2.33. The monoisotopic (exact) mass is 267 g/mol. The van der Waals surface area contributed by atoms with Crippen molar-refractivity contribution in [3.63, 3.8) is 0 Å². The third-order valence-electron chi connectivity index (χ3n) is 2.91. The summed E-state index contributed by atoms with van der Waals surface area (Å²) in [6.45, 7) is 5.73. The number of hydrogen-bond acceptors (Lipinski definition) is 4. The highest BCUT2D eigenvalue weighted by Gasteiger charge is 2.16. The molecule has 0 saturated carbocycles. The normalized spacial score (nSPS) is 15.8. The first-order chi connectivity index (χ1) is 8.70. The van der Waals surface area contributed by atoms with Crippen LogP contribution in [-0.2, 0) is 0 Å². The number of nitrogens with one attached hydrogen (secondary N) is 1. The summed E-state index contributed by atoms with van der Waals surface area (Å²) < 4.78 is 11.2. The van der Waals surface area contributed by atoms with E-state index in [4.69, 9.17) is 9.47 Å². The van der Waals surface area contributed by atoms with Gasteiger partial charge in [0.2, 0.25) is 0 Å². The number of benzene rings is 1. The largest absolute Gasteiger partial charge is 0.486 e. The van der Waals surface area contributed by atoms with Crippen LogP contribution in [0.5, 0.6) is 11.5 Å². The second-order valence-electron chi connectivity index (χ2n) is 4.63. The van der Waals surface area contributed by atoms with Gasteiger partial charge in [0.25, 0.3) is 0 Å². The molecule has 0 saturated heterocycles. The molecule has 1 N–H and O–H groups in total. The molecule has 3 nitrogen and oxygen atoms in total. The average Bonchev–Trinajstić information content (AvgIpc) is 2.39. The average molecular weight is 267 g/mol. The third-order valence-corrected chi connectivity index (χ3v) is 4.11. The van der Waals surface area contributed by atoms with Gasteiger partial charge < -0.3 is 14.8 Å². The highest BCUT2D eigenvalue weighted by molar-refractivity contribution is 7.99.